The van der Waals surface area contributed by atoms with Crippen LogP contribution in [0.25, 0.3) is 0 Å². The first-order valence-corrected chi connectivity index (χ1v) is 10.7. The summed E-state index contributed by atoms with van der Waals surface area (Å²) >= 11 is 1.55. The molecule has 0 aliphatic heterocycles. The summed E-state index contributed by atoms with van der Waals surface area (Å²) < 4.78 is 11.0. The lowest BCUT2D eigenvalue weighted by molar-refractivity contribution is -0.142. The zero-order chi connectivity index (χ0) is 20.6. The maximum Gasteiger partial charge on any atom is 0.419 e. The highest BCUT2D eigenvalue weighted by molar-refractivity contribution is 7.16. The molecule has 1 saturated carbocycles. The van der Waals surface area contributed by atoms with Crippen molar-refractivity contribution in [1.82, 2.24) is 0 Å². The lowest BCUT2D eigenvalue weighted by atomic mass is 9.82. The Bertz CT molecular complexity index is 807. The van der Waals surface area contributed by atoms with E-state index in [4.69, 9.17) is 14.6 Å². The molecule has 0 saturated heterocycles. The Balaban J connectivity index is 1.58. The molecule has 2 atom stereocenters. The summed E-state index contributed by atoms with van der Waals surface area (Å²) in [6, 6.07) is 13.4. The number of para-hydroxylation sites is 1. The number of aliphatic carboxylic acids is 1. The van der Waals surface area contributed by atoms with Crippen LogP contribution in [-0.4, -0.2) is 37.0 Å². The fourth-order valence-electron chi connectivity index (χ4n) is 3.71. The minimum absolute atomic E-state index is 0.261. The monoisotopic (exact) mass is 417 g/mol. The number of carbonyl (C=O) groups excluding carboxylic acids is 1. The smallest absolute Gasteiger partial charge is 0.419 e. The molecule has 2 unspecified atom stereocenters. The van der Waals surface area contributed by atoms with Crippen LogP contribution in [-0.2, 0) is 14.3 Å². The number of carboxylic acid groups (broad SMARTS) is 1. The Labute approximate surface area is 175 Å². The molecule has 3 rings (SSSR count). The van der Waals surface area contributed by atoms with Crippen LogP contribution < -0.4 is 4.90 Å². The summed E-state index contributed by atoms with van der Waals surface area (Å²) in [6.45, 7) is 2.56. The van der Waals surface area contributed by atoms with Crippen LogP contribution in [0.15, 0.2) is 42.5 Å². The predicted octanol–water partition coefficient (Wildman–Crippen LogP) is 5.24. The molecule has 0 radical (unpaired) electrons. The van der Waals surface area contributed by atoms with Crippen molar-refractivity contribution in [3.63, 3.8) is 0 Å². The van der Waals surface area contributed by atoms with E-state index in [0.29, 0.717) is 19.1 Å². The summed E-state index contributed by atoms with van der Waals surface area (Å²) in [5, 5.41) is 9.53. The highest BCUT2D eigenvalue weighted by atomic mass is 32.1. The van der Waals surface area contributed by atoms with E-state index in [9.17, 15) is 9.59 Å². The van der Waals surface area contributed by atoms with Crippen molar-refractivity contribution >= 4 is 34.1 Å². The van der Waals surface area contributed by atoms with Gasteiger partial charge in [-0.15, -0.1) is 11.3 Å². The molecule has 6 nitrogen and oxygen atoms in total. The summed E-state index contributed by atoms with van der Waals surface area (Å²) in [5.74, 6) is -0.359. The number of aryl methyl sites for hydroxylation is 1. The highest BCUT2D eigenvalue weighted by Gasteiger charge is 2.26. The van der Waals surface area contributed by atoms with Crippen LogP contribution in [0.5, 0.6) is 0 Å². The third-order valence-corrected chi connectivity index (χ3v) is 6.04. The molecule has 1 aromatic carbocycles. The van der Waals surface area contributed by atoms with Gasteiger partial charge in [-0.3, -0.25) is 0 Å². The number of rotatable bonds is 8. The van der Waals surface area contributed by atoms with Gasteiger partial charge in [-0.2, -0.15) is 0 Å². The van der Waals surface area contributed by atoms with Gasteiger partial charge < -0.3 is 14.6 Å². The lowest BCUT2D eigenvalue weighted by Crippen LogP contribution is -2.30. The standard InChI is InChI=1S/C22H27NO5S/c1-16-10-11-20(29-16)23(19-8-3-2-4-9-19)22(26)28-14-18-7-5-6-17(12-18)13-27-15-21(24)25/h2-4,8-11,17-18H,5-7,12-15H2,1H3,(H,24,25). The van der Waals surface area contributed by atoms with E-state index in [0.717, 1.165) is 41.2 Å². The van der Waals surface area contributed by atoms with Crippen molar-refractivity contribution in [2.24, 2.45) is 11.8 Å². The third-order valence-electron chi connectivity index (χ3n) is 5.06. The van der Waals surface area contributed by atoms with Gasteiger partial charge >= 0.3 is 12.1 Å². The van der Waals surface area contributed by atoms with E-state index in [-0.39, 0.29) is 18.6 Å². The fraction of sp³-hybridized carbons (Fsp3) is 0.455. The Hall–Kier alpha value is -2.38. The lowest BCUT2D eigenvalue weighted by Gasteiger charge is -2.29. The van der Waals surface area contributed by atoms with Crippen LogP contribution in [0, 0.1) is 18.8 Å². The van der Waals surface area contributed by atoms with E-state index in [1.807, 2.05) is 49.4 Å². The average molecular weight is 418 g/mol. The van der Waals surface area contributed by atoms with Gasteiger partial charge in [-0.25, -0.2) is 14.5 Å². The molecule has 1 aromatic heterocycles. The van der Waals surface area contributed by atoms with Gasteiger partial charge in [-0.1, -0.05) is 24.6 Å². The van der Waals surface area contributed by atoms with Gasteiger partial charge in [0.1, 0.15) is 11.6 Å². The van der Waals surface area contributed by atoms with Crippen molar-refractivity contribution in [1.29, 1.82) is 0 Å². The van der Waals surface area contributed by atoms with E-state index in [1.54, 1.807) is 16.2 Å². The molecule has 0 spiro atoms. The Morgan fingerprint density at radius 2 is 1.83 bits per heavy atom. The fourth-order valence-corrected chi connectivity index (χ4v) is 4.59. The average Bonchev–Trinajstić information content (AvgIpc) is 3.13. The molecule has 2 aromatic rings. The van der Waals surface area contributed by atoms with Gasteiger partial charge in [0.25, 0.3) is 0 Å². The molecule has 1 amide bonds. The largest absolute Gasteiger partial charge is 0.480 e. The first kappa shape index (κ1) is 21.3. The normalized spacial score (nSPS) is 18.9. The molecule has 0 bridgehead atoms. The minimum Gasteiger partial charge on any atom is -0.480 e. The van der Waals surface area contributed by atoms with Gasteiger partial charge in [0, 0.05) is 4.88 Å². The van der Waals surface area contributed by atoms with Crippen LogP contribution in [0.3, 0.4) is 0 Å². The number of anilines is 2. The predicted molar refractivity (Wildman–Crippen MR) is 113 cm³/mol. The maximum absolute atomic E-state index is 12.9. The Kier molecular flexibility index (Phi) is 7.66. The maximum atomic E-state index is 12.9. The number of ether oxygens (including phenoxy) is 2. The number of nitrogens with zero attached hydrogens (tertiary/aromatic N) is 1. The number of benzene rings is 1. The van der Waals surface area contributed by atoms with Crippen LogP contribution in [0.4, 0.5) is 15.5 Å². The van der Waals surface area contributed by atoms with Crippen molar-refractivity contribution < 1.29 is 24.2 Å². The van der Waals surface area contributed by atoms with Gasteiger partial charge in [0.05, 0.1) is 18.9 Å². The second-order valence-corrected chi connectivity index (χ2v) is 8.71. The Morgan fingerprint density at radius 1 is 1.10 bits per heavy atom. The zero-order valence-electron chi connectivity index (χ0n) is 16.6. The molecule has 1 aliphatic carbocycles. The first-order valence-electron chi connectivity index (χ1n) is 9.91. The van der Waals surface area contributed by atoms with Crippen molar-refractivity contribution in [3.8, 4) is 0 Å². The zero-order valence-corrected chi connectivity index (χ0v) is 17.4. The van der Waals surface area contributed by atoms with Crippen LogP contribution >= 0.6 is 11.3 Å². The van der Waals surface area contributed by atoms with E-state index in [2.05, 4.69) is 0 Å². The topological polar surface area (TPSA) is 76.1 Å². The molecule has 1 heterocycles. The third kappa shape index (κ3) is 6.30. The quantitative estimate of drug-likeness (QED) is 0.636. The SMILES string of the molecule is Cc1ccc(N(C(=O)OCC2CCCC(COCC(=O)O)C2)c2ccccc2)s1. The molecule has 1 aliphatic rings. The number of hydrogen-bond acceptors (Lipinski definition) is 5. The van der Waals surface area contributed by atoms with Crippen LogP contribution in [0.1, 0.15) is 30.6 Å². The van der Waals surface area contributed by atoms with Crippen molar-refractivity contribution in [2.45, 2.75) is 32.6 Å². The first-order chi connectivity index (χ1) is 14.0. The summed E-state index contributed by atoms with van der Waals surface area (Å²) in [7, 11) is 0. The number of carboxylic acids is 1. The summed E-state index contributed by atoms with van der Waals surface area (Å²) in [4.78, 5) is 26.3. The van der Waals surface area contributed by atoms with E-state index < -0.39 is 5.97 Å². The van der Waals surface area contributed by atoms with Crippen molar-refractivity contribution in [2.75, 3.05) is 24.7 Å². The molecule has 1 fully saturated rings. The number of thiophene rings is 1. The second kappa shape index (κ2) is 10.4. The molecule has 1 N–H and O–H groups in total. The molecule has 7 heteroatoms. The number of hydrogen-bond donors (Lipinski definition) is 1. The molecular weight excluding hydrogens is 390 g/mol. The molecule has 156 valence electrons. The van der Waals surface area contributed by atoms with Gasteiger partial charge in [0.15, 0.2) is 0 Å². The molecule has 29 heavy (non-hydrogen) atoms. The number of amides is 1. The summed E-state index contributed by atoms with van der Waals surface area (Å²) in [5.41, 5.74) is 0.781. The second-order valence-electron chi connectivity index (χ2n) is 7.44. The minimum atomic E-state index is -0.948. The van der Waals surface area contributed by atoms with E-state index in [1.165, 1.54) is 0 Å². The Morgan fingerprint density at radius 3 is 2.48 bits per heavy atom. The molecular formula is C22H27NO5S. The van der Waals surface area contributed by atoms with Crippen molar-refractivity contribution in [3.05, 3.63) is 47.3 Å². The van der Waals surface area contributed by atoms with Gasteiger partial charge in [0.2, 0.25) is 0 Å². The highest BCUT2D eigenvalue weighted by Crippen LogP contribution is 2.33. The number of carbonyl (C=O) groups is 2. The van der Waals surface area contributed by atoms with E-state index >= 15 is 0 Å². The summed E-state index contributed by atoms with van der Waals surface area (Å²) in [6.07, 6.45) is 3.58. The van der Waals surface area contributed by atoms with Crippen LogP contribution in [0.2, 0.25) is 0 Å². The van der Waals surface area contributed by atoms with Gasteiger partial charge in [-0.05, 0) is 62.3 Å².